The maximum atomic E-state index is 6.07. The van der Waals surface area contributed by atoms with Crippen LogP contribution in [0.25, 0.3) is 0 Å². The molecule has 0 amide bonds. The topological polar surface area (TPSA) is 38.4 Å². The summed E-state index contributed by atoms with van der Waals surface area (Å²) in [6, 6.07) is 10.5. The van der Waals surface area contributed by atoms with E-state index < -0.39 is 0 Å². The zero-order valence-electron chi connectivity index (χ0n) is 10.8. The third kappa shape index (κ3) is 3.32. The van der Waals surface area contributed by atoms with E-state index in [1.807, 2.05) is 30.3 Å². The Labute approximate surface area is 104 Å². The summed E-state index contributed by atoms with van der Waals surface area (Å²) < 4.78 is 0. The van der Waals surface area contributed by atoms with Crippen LogP contribution in [-0.4, -0.2) is 11.9 Å². The molecule has 0 saturated heterocycles. The number of amidine groups is 1. The van der Waals surface area contributed by atoms with Gasteiger partial charge in [0.15, 0.2) is 0 Å². The van der Waals surface area contributed by atoms with E-state index in [0.29, 0.717) is 11.9 Å². The van der Waals surface area contributed by atoms with Crippen molar-refractivity contribution in [1.29, 1.82) is 0 Å². The van der Waals surface area contributed by atoms with Crippen molar-refractivity contribution in [2.45, 2.75) is 39.2 Å². The number of nitrogens with zero attached hydrogens (tertiary/aromatic N) is 1. The van der Waals surface area contributed by atoms with Gasteiger partial charge in [-0.1, -0.05) is 44.2 Å². The molecule has 0 bridgehead atoms. The lowest BCUT2D eigenvalue weighted by atomic mass is 9.81. The summed E-state index contributed by atoms with van der Waals surface area (Å²) in [5.74, 6) is 2.24. The van der Waals surface area contributed by atoms with E-state index in [4.69, 9.17) is 10.7 Å². The van der Waals surface area contributed by atoms with Crippen molar-refractivity contribution >= 4 is 5.84 Å². The highest BCUT2D eigenvalue weighted by molar-refractivity contribution is 5.97. The minimum absolute atomic E-state index is 0.411. The number of hydrogen-bond acceptors (Lipinski definition) is 1. The third-order valence-electron chi connectivity index (χ3n) is 3.54. The van der Waals surface area contributed by atoms with E-state index in [9.17, 15) is 0 Å². The largest absolute Gasteiger partial charge is 0.383 e. The minimum atomic E-state index is 0.411. The SMILES string of the molecule is CC1CC(C)CC(N=C(N)c2ccccc2)C1. The molecule has 0 radical (unpaired) electrons. The lowest BCUT2D eigenvalue weighted by molar-refractivity contribution is 0.271. The van der Waals surface area contributed by atoms with Gasteiger partial charge in [0.05, 0.1) is 6.04 Å². The normalized spacial score (nSPS) is 30.2. The quantitative estimate of drug-likeness (QED) is 0.615. The van der Waals surface area contributed by atoms with Crippen LogP contribution in [0.2, 0.25) is 0 Å². The van der Waals surface area contributed by atoms with Gasteiger partial charge in [0.2, 0.25) is 0 Å². The Bertz CT molecular complexity index is 373. The Morgan fingerprint density at radius 1 is 1.06 bits per heavy atom. The molecule has 92 valence electrons. The Hall–Kier alpha value is -1.31. The molecule has 2 rings (SSSR count). The Morgan fingerprint density at radius 3 is 2.24 bits per heavy atom. The Kier molecular flexibility index (Phi) is 3.82. The first kappa shape index (κ1) is 12.2. The number of nitrogens with two attached hydrogens (primary N) is 1. The Morgan fingerprint density at radius 2 is 1.65 bits per heavy atom. The van der Waals surface area contributed by atoms with Crippen LogP contribution in [0.4, 0.5) is 0 Å². The maximum absolute atomic E-state index is 6.07. The molecule has 2 N–H and O–H groups in total. The molecule has 2 atom stereocenters. The highest BCUT2D eigenvalue weighted by Gasteiger charge is 2.23. The standard InChI is InChI=1S/C15H22N2/c1-11-8-12(2)10-14(9-11)17-15(16)13-6-4-3-5-7-13/h3-7,11-12,14H,8-10H2,1-2H3,(H2,16,17). The maximum Gasteiger partial charge on any atom is 0.125 e. The van der Waals surface area contributed by atoms with Crippen molar-refractivity contribution in [3.05, 3.63) is 35.9 Å². The van der Waals surface area contributed by atoms with Gasteiger partial charge in [-0.2, -0.15) is 0 Å². The van der Waals surface area contributed by atoms with Gasteiger partial charge in [-0.3, -0.25) is 4.99 Å². The van der Waals surface area contributed by atoms with Crippen LogP contribution in [0, 0.1) is 11.8 Å². The number of hydrogen-bond donors (Lipinski definition) is 1. The van der Waals surface area contributed by atoms with Crippen LogP contribution >= 0.6 is 0 Å². The number of rotatable bonds is 2. The van der Waals surface area contributed by atoms with Crippen molar-refractivity contribution in [3.8, 4) is 0 Å². The Balaban J connectivity index is 2.08. The average Bonchev–Trinajstić information content (AvgIpc) is 2.28. The van der Waals surface area contributed by atoms with Crippen LogP contribution in [0.3, 0.4) is 0 Å². The monoisotopic (exact) mass is 230 g/mol. The molecule has 1 aliphatic carbocycles. The number of benzene rings is 1. The van der Waals surface area contributed by atoms with Crippen LogP contribution in [0.5, 0.6) is 0 Å². The first-order valence-corrected chi connectivity index (χ1v) is 6.54. The van der Waals surface area contributed by atoms with E-state index in [1.165, 1.54) is 19.3 Å². The van der Waals surface area contributed by atoms with Gasteiger partial charge in [0.1, 0.15) is 5.84 Å². The molecule has 17 heavy (non-hydrogen) atoms. The summed E-state index contributed by atoms with van der Waals surface area (Å²) in [5, 5.41) is 0. The molecule has 1 aromatic rings. The molecule has 0 aromatic heterocycles. The van der Waals surface area contributed by atoms with Crippen molar-refractivity contribution in [2.75, 3.05) is 0 Å². The smallest absolute Gasteiger partial charge is 0.125 e. The van der Waals surface area contributed by atoms with Crippen molar-refractivity contribution in [1.82, 2.24) is 0 Å². The molecule has 1 aromatic carbocycles. The van der Waals surface area contributed by atoms with E-state index in [1.54, 1.807) is 0 Å². The summed E-state index contributed by atoms with van der Waals surface area (Å²) in [4.78, 5) is 4.70. The zero-order valence-corrected chi connectivity index (χ0v) is 10.8. The molecular weight excluding hydrogens is 208 g/mol. The van der Waals surface area contributed by atoms with E-state index >= 15 is 0 Å². The van der Waals surface area contributed by atoms with E-state index in [0.717, 1.165) is 17.4 Å². The summed E-state index contributed by atoms with van der Waals surface area (Å²) in [5.41, 5.74) is 7.11. The van der Waals surface area contributed by atoms with Crippen molar-refractivity contribution < 1.29 is 0 Å². The highest BCUT2D eigenvalue weighted by Crippen LogP contribution is 2.30. The second kappa shape index (κ2) is 5.35. The minimum Gasteiger partial charge on any atom is -0.383 e. The van der Waals surface area contributed by atoms with Crippen LogP contribution in [0.15, 0.2) is 35.3 Å². The summed E-state index contributed by atoms with van der Waals surface area (Å²) in [7, 11) is 0. The molecule has 1 fully saturated rings. The summed E-state index contributed by atoms with van der Waals surface area (Å²) in [6.07, 6.45) is 3.69. The second-order valence-corrected chi connectivity index (χ2v) is 5.45. The van der Waals surface area contributed by atoms with E-state index in [-0.39, 0.29) is 0 Å². The molecule has 2 unspecified atom stereocenters. The third-order valence-corrected chi connectivity index (χ3v) is 3.54. The molecule has 1 saturated carbocycles. The second-order valence-electron chi connectivity index (χ2n) is 5.45. The first-order valence-electron chi connectivity index (χ1n) is 6.54. The molecule has 0 spiro atoms. The zero-order chi connectivity index (χ0) is 12.3. The predicted octanol–water partition coefficient (Wildman–Crippen LogP) is 3.22. The average molecular weight is 230 g/mol. The molecular formula is C15H22N2. The van der Waals surface area contributed by atoms with Crippen LogP contribution < -0.4 is 5.73 Å². The summed E-state index contributed by atoms with van der Waals surface area (Å²) >= 11 is 0. The van der Waals surface area contributed by atoms with Gasteiger partial charge in [0.25, 0.3) is 0 Å². The van der Waals surface area contributed by atoms with Gasteiger partial charge >= 0.3 is 0 Å². The molecule has 0 aliphatic heterocycles. The predicted molar refractivity (Wildman–Crippen MR) is 73.1 cm³/mol. The molecule has 2 nitrogen and oxygen atoms in total. The lowest BCUT2D eigenvalue weighted by Crippen LogP contribution is -2.25. The van der Waals surface area contributed by atoms with E-state index in [2.05, 4.69) is 13.8 Å². The fraction of sp³-hybridized carbons (Fsp3) is 0.533. The first-order chi connectivity index (χ1) is 8.15. The van der Waals surface area contributed by atoms with Crippen LogP contribution in [-0.2, 0) is 0 Å². The molecule has 1 aliphatic rings. The lowest BCUT2D eigenvalue weighted by Gasteiger charge is -2.29. The molecule has 0 heterocycles. The highest BCUT2D eigenvalue weighted by atomic mass is 14.9. The fourth-order valence-electron chi connectivity index (χ4n) is 2.89. The van der Waals surface area contributed by atoms with Crippen molar-refractivity contribution in [2.24, 2.45) is 22.6 Å². The van der Waals surface area contributed by atoms with Gasteiger partial charge in [0, 0.05) is 5.56 Å². The number of aliphatic imine (C=N–C) groups is 1. The summed E-state index contributed by atoms with van der Waals surface area (Å²) in [6.45, 7) is 4.63. The van der Waals surface area contributed by atoms with Crippen LogP contribution in [0.1, 0.15) is 38.7 Å². The van der Waals surface area contributed by atoms with Gasteiger partial charge < -0.3 is 5.73 Å². The fourth-order valence-corrected chi connectivity index (χ4v) is 2.89. The van der Waals surface area contributed by atoms with Gasteiger partial charge in [-0.15, -0.1) is 0 Å². The van der Waals surface area contributed by atoms with Gasteiger partial charge in [-0.25, -0.2) is 0 Å². The van der Waals surface area contributed by atoms with Gasteiger partial charge in [-0.05, 0) is 31.1 Å². The van der Waals surface area contributed by atoms with Crippen molar-refractivity contribution in [3.63, 3.8) is 0 Å². The molecule has 2 heteroatoms.